The maximum atomic E-state index is 12.7. The fourth-order valence-corrected chi connectivity index (χ4v) is 1.37. The molecule has 18 heavy (non-hydrogen) atoms. The van der Waals surface area contributed by atoms with Crippen LogP contribution in [0.4, 0.5) is 18.9 Å². The second kappa shape index (κ2) is 5.44. The van der Waals surface area contributed by atoms with Crippen molar-refractivity contribution in [2.75, 3.05) is 5.32 Å². The third kappa shape index (κ3) is 3.16. The van der Waals surface area contributed by atoms with Gasteiger partial charge in [-0.3, -0.25) is 0 Å². The first kappa shape index (κ1) is 13.9. The Kier molecular flexibility index (Phi) is 4.19. The highest BCUT2D eigenvalue weighted by Crippen LogP contribution is 2.38. The first-order valence-electron chi connectivity index (χ1n) is 4.52. The first-order chi connectivity index (χ1) is 8.40. The number of para-hydroxylation sites is 1. The van der Waals surface area contributed by atoms with Gasteiger partial charge in [0.15, 0.2) is 0 Å². The maximum absolute atomic E-state index is 12.7. The number of nitrogens with zero attached hydrogens (tertiary/aromatic N) is 2. The van der Waals surface area contributed by atoms with Crippen LogP contribution in [0.15, 0.2) is 30.0 Å². The largest absolute Gasteiger partial charge is 0.418 e. The van der Waals surface area contributed by atoms with E-state index in [9.17, 15) is 13.2 Å². The van der Waals surface area contributed by atoms with Crippen LogP contribution in [0.2, 0.25) is 5.02 Å². The van der Waals surface area contributed by atoms with Crippen LogP contribution in [0, 0.1) is 22.7 Å². The van der Waals surface area contributed by atoms with E-state index in [2.05, 4.69) is 5.32 Å². The van der Waals surface area contributed by atoms with Gasteiger partial charge in [0.25, 0.3) is 0 Å². The minimum atomic E-state index is -4.58. The van der Waals surface area contributed by atoms with Crippen molar-refractivity contribution in [2.45, 2.75) is 6.18 Å². The molecule has 0 atom stereocenters. The van der Waals surface area contributed by atoms with Crippen LogP contribution in [0.3, 0.4) is 0 Å². The Labute approximate surface area is 106 Å². The topological polar surface area (TPSA) is 59.6 Å². The molecule has 3 nitrogen and oxygen atoms in total. The van der Waals surface area contributed by atoms with Gasteiger partial charge in [0.05, 0.1) is 16.3 Å². The molecule has 0 fully saturated rings. The van der Waals surface area contributed by atoms with Crippen LogP contribution < -0.4 is 5.32 Å². The number of nitriles is 2. The number of anilines is 1. The van der Waals surface area contributed by atoms with E-state index in [0.29, 0.717) is 0 Å². The number of hydrogen-bond donors (Lipinski definition) is 1. The molecule has 0 aliphatic heterocycles. The molecule has 0 saturated heterocycles. The molecule has 1 N–H and O–H groups in total. The molecule has 1 aromatic carbocycles. The lowest BCUT2D eigenvalue weighted by Crippen LogP contribution is -2.09. The van der Waals surface area contributed by atoms with Crippen molar-refractivity contribution in [3.63, 3.8) is 0 Å². The van der Waals surface area contributed by atoms with E-state index in [1.807, 2.05) is 0 Å². The Morgan fingerprint density at radius 2 is 1.89 bits per heavy atom. The molecule has 0 aliphatic carbocycles. The Balaban J connectivity index is 3.22. The van der Waals surface area contributed by atoms with Crippen LogP contribution in [0.25, 0.3) is 0 Å². The van der Waals surface area contributed by atoms with Crippen molar-refractivity contribution in [3.05, 3.63) is 40.6 Å². The van der Waals surface area contributed by atoms with Gasteiger partial charge in [-0.2, -0.15) is 23.7 Å². The van der Waals surface area contributed by atoms with Crippen LogP contribution >= 0.6 is 11.6 Å². The summed E-state index contributed by atoms with van der Waals surface area (Å²) in [5, 5.41) is 19.0. The van der Waals surface area contributed by atoms with Gasteiger partial charge in [0, 0.05) is 6.20 Å². The standard InChI is InChI=1S/C11H5ClF3N3/c12-9-3-1-2-8(11(13,14)15)10(9)18-6-7(4-16)5-17/h1-3,6,18H. The van der Waals surface area contributed by atoms with E-state index in [0.717, 1.165) is 18.3 Å². The van der Waals surface area contributed by atoms with E-state index in [4.69, 9.17) is 22.1 Å². The van der Waals surface area contributed by atoms with E-state index in [1.54, 1.807) is 0 Å². The van der Waals surface area contributed by atoms with Gasteiger partial charge in [-0.15, -0.1) is 0 Å². The van der Waals surface area contributed by atoms with Crippen LogP contribution in [0.1, 0.15) is 5.56 Å². The Morgan fingerprint density at radius 1 is 1.28 bits per heavy atom. The molecule has 0 amide bonds. The molecule has 1 aromatic rings. The van der Waals surface area contributed by atoms with Gasteiger partial charge >= 0.3 is 6.18 Å². The van der Waals surface area contributed by atoms with Crippen LogP contribution in [-0.2, 0) is 6.18 Å². The summed E-state index contributed by atoms with van der Waals surface area (Å²) in [7, 11) is 0. The fourth-order valence-electron chi connectivity index (χ4n) is 1.14. The number of benzene rings is 1. The second-order valence-electron chi connectivity index (χ2n) is 3.09. The summed E-state index contributed by atoms with van der Waals surface area (Å²) in [6, 6.07) is 6.30. The van der Waals surface area contributed by atoms with Gasteiger partial charge in [0.2, 0.25) is 0 Å². The molecule has 0 aromatic heterocycles. The lowest BCUT2D eigenvalue weighted by atomic mass is 10.1. The van der Waals surface area contributed by atoms with Crippen molar-refractivity contribution in [3.8, 4) is 12.1 Å². The summed E-state index contributed by atoms with van der Waals surface area (Å²) in [6.07, 6.45) is -3.71. The Bertz CT molecular complexity index is 548. The highest BCUT2D eigenvalue weighted by Gasteiger charge is 2.34. The number of nitrogens with one attached hydrogen (secondary N) is 1. The molecule has 1 rings (SSSR count). The van der Waals surface area contributed by atoms with Crippen LogP contribution in [0.5, 0.6) is 0 Å². The Hall–Kier alpha value is -2.18. The summed E-state index contributed by atoms with van der Waals surface area (Å²) in [5.41, 5.74) is -1.72. The van der Waals surface area contributed by atoms with E-state index < -0.39 is 17.4 Å². The van der Waals surface area contributed by atoms with Crippen molar-refractivity contribution in [2.24, 2.45) is 0 Å². The predicted molar refractivity (Wildman–Crippen MR) is 59.4 cm³/mol. The average Bonchev–Trinajstić information content (AvgIpc) is 2.30. The quantitative estimate of drug-likeness (QED) is 0.834. The Morgan fingerprint density at radius 3 is 2.39 bits per heavy atom. The fraction of sp³-hybridized carbons (Fsp3) is 0.0909. The molecule has 0 unspecified atom stereocenters. The van der Waals surface area contributed by atoms with Crippen molar-refractivity contribution < 1.29 is 13.2 Å². The average molecular weight is 272 g/mol. The number of rotatable bonds is 2. The van der Waals surface area contributed by atoms with Crippen molar-refractivity contribution >= 4 is 17.3 Å². The van der Waals surface area contributed by atoms with E-state index in [-0.39, 0.29) is 10.6 Å². The van der Waals surface area contributed by atoms with Gasteiger partial charge in [-0.25, -0.2) is 0 Å². The summed E-state index contributed by atoms with van der Waals surface area (Å²) in [6.45, 7) is 0. The lowest BCUT2D eigenvalue weighted by Gasteiger charge is -2.13. The van der Waals surface area contributed by atoms with Gasteiger partial charge in [-0.05, 0) is 12.1 Å². The summed E-state index contributed by atoms with van der Waals surface area (Å²) in [4.78, 5) is 0. The maximum Gasteiger partial charge on any atom is 0.418 e. The van der Waals surface area contributed by atoms with Gasteiger partial charge in [0.1, 0.15) is 17.7 Å². The SMILES string of the molecule is N#CC(C#N)=CNc1c(Cl)cccc1C(F)(F)F. The summed E-state index contributed by atoms with van der Waals surface area (Å²) < 4.78 is 38.0. The minimum absolute atomic E-state index is 0.156. The molecule has 92 valence electrons. The smallest absolute Gasteiger partial charge is 0.358 e. The normalized spacial score (nSPS) is 10.1. The van der Waals surface area contributed by atoms with Gasteiger partial charge in [-0.1, -0.05) is 17.7 Å². The highest BCUT2D eigenvalue weighted by molar-refractivity contribution is 6.33. The number of allylic oxidation sites excluding steroid dienone is 1. The zero-order valence-electron chi connectivity index (χ0n) is 8.72. The highest BCUT2D eigenvalue weighted by atomic mass is 35.5. The zero-order valence-corrected chi connectivity index (χ0v) is 9.47. The molecule has 7 heteroatoms. The van der Waals surface area contributed by atoms with E-state index >= 15 is 0 Å². The molecule has 0 bridgehead atoms. The van der Waals surface area contributed by atoms with Crippen molar-refractivity contribution in [1.82, 2.24) is 0 Å². The van der Waals surface area contributed by atoms with Gasteiger partial charge < -0.3 is 5.32 Å². The molecule has 0 aliphatic rings. The molecular formula is C11H5ClF3N3. The first-order valence-corrected chi connectivity index (χ1v) is 4.90. The minimum Gasteiger partial charge on any atom is -0.358 e. The number of alkyl halides is 3. The number of hydrogen-bond acceptors (Lipinski definition) is 3. The molecule has 0 heterocycles. The number of halogens is 4. The van der Waals surface area contributed by atoms with Crippen molar-refractivity contribution in [1.29, 1.82) is 10.5 Å². The van der Waals surface area contributed by atoms with E-state index in [1.165, 1.54) is 18.2 Å². The molecule has 0 saturated carbocycles. The zero-order chi connectivity index (χ0) is 13.8. The van der Waals surface area contributed by atoms with Crippen LogP contribution in [-0.4, -0.2) is 0 Å². The second-order valence-corrected chi connectivity index (χ2v) is 3.49. The lowest BCUT2D eigenvalue weighted by molar-refractivity contribution is -0.136. The molecular weight excluding hydrogens is 267 g/mol. The molecule has 0 spiro atoms. The molecule has 0 radical (unpaired) electrons. The summed E-state index contributed by atoms with van der Waals surface area (Å²) >= 11 is 5.65. The monoisotopic (exact) mass is 271 g/mol. The third-order valence-corrected chi connectivity index (χ3v) is 2.24. The predicted octanol–water partition coefficient (Wildman–Crippen LogP) is 3.70. The third-order valence-electron chi connectivity index (χ3n) is 1.92. The summed E-state index contributed by atoms with van der Waals surface area (Å²) in [5.74, 6) is 0.